The monoisotopic (exact) mass is 219 g/mol. The Bertz CT molecular complexity index is 435. The van der Waals surface area contributed by atoms with E-state index < -0.39 is 5.41 Å². The van der Waals surface area contributed by atoms with E-state index in [0.29, 0.717) is 0 Å². The first kappa shape index (κ1) is 12.0. The smallest absolute Gasteiger partial charge is 0.253 e. The third-order valence-corrected chi connectivity index (χ3v) is 1.98. The van der Waals surface area contributed by atoms with Crippen LogP contribution in [-0.2, 0) is 0 Å². The molecule has 1 heterocycles. The molecule has 1 aromatic heterocycles. The van der Waals surface area contributed by atoms with Crippen molar-refractivity contribution in [3.05, 3.63) is 24.0 Å². The van der Waals surface area contributed by atoms with Gasteiger partial charge in [0, 0.05) is 12.7 Å². The molecular weight excluding hydrogens is 206 g/mol. The van der Waals surface area contributed by atoms with Crippen LogP contribution < -0.4 is 5.32 Å². The molecule has 0 aliphatic carbocycles. The van der Waals surface area contributed by atoms with E-state index in [-0.39, 0.29) is 23.8 Å². The van der Waals surface area contributed by atoms with Crippen LogP contribution in [0.3, 0.4) is 0 Å². The highest BCUT2D eigenvalue weighted by Gasteiger charge is 2.18. The minimum absolute atomic E-state index is 0.0628. The lowest BCUT2D eigenvalue weighted by atomic mass is 9.96. The quantitative estimate of drug-likeness (QED) is 0.796. The van der Waals surface area contributed by atoms with Crippen LogP contribution in [0.25, 0.3) is 0 Å². The molecule has 1 aromatic rings. The largest absolute Gasteiger partial charge is 0.506 e. The lowest BCUT2D eigenvalue weighted by Gasteiger charge is -2.15. The van der Waals surface area contributed by atoms with Crippen molar-refractivity contribution < 1.29 is 9.90 Å². The predicted molar refractivity (Wildman–Crippen MR) is 57.6 cm³/mol. The Labute approximate surface area is 93.7 Å². The maximum atomic E-state index is 11.6. The normalized spacial score (nSPS) is 10.6. The molecule has 1 rings (SSSR count). The molecule has 0 radical (unpaired) electrons. The molecule has 84 valence electrons. The summed E-state index contributed by atoms with van der Waals surface area (Å²) in [7, 11) is 0. The zero-order chi connectivity index (χ0) is 12.2. The number of aromatic hydroxyl groups is 1. The fourth-order valence-corrected chi connectivity index (χ4v) is 0.995. The van der Waals surface area contributed by atoms with Crippen LogP contribution in [0.5, 0.6) is 5.75 Å². The molecule has 0 unspecified atom stereocenters. The van der Waals surface area contributed by atoms with E-state index in [1.807, 2.05) is 0 Å². The lowest BCUT2D eigenvalue weighted by Crippen LogP contribution is -2.33. The second kappa shape index (κ2) is 4.62. The van der Waals surface area contributed by atoms with E-state index in [9.17, 15) is 4.79 Å². The minimum atomic E-state index is -0.611. The second-order valence-corrected chi connectivity index (χ2v) is 4.11. The van der Waals surface area contributed by atoms with Crippen molar-refractivity contribution in [2.45, 2.75) is 13.8 Å². The summed E-state index contributed by atoms with van der Waals surface area (Å²) in [6, 6.07) is 3.40. The molecule has 0 saturated heterocycles. The molecule has 0 bridgehead atoms. The van der Waals surface area contributed by atoms with Gasteiger partial charge in [0.15, 0.2) is 0 Å². The highest BCUT2D eigenvalue weighted by Crippen LogP contribution is 2.12. The minimum Gasteiger partial charge on any atom is -0.506 e. The van der Waals surface area contributed by atoms with Gasteiger partial charge < -0.3 is 10.4 Å². The fraction of sp³-hybridized carbons (Fsp3) is 0.364. The van der Waals surface area contributed by atoms with Crippen molar-refractivity contribution >= 4 is 5.91 Å². The van der Waals surface area contributed by atoms with Crippen molar-refractivity contribution in [1.82, 2.24) is 10.3 Å². The van der Waals surface area contributed by atoms with Gasteiger partial charge in [-0.15, -0.1) is 0 Å². The van der Waals surface area contributed by atoms with Crippen LogP contribution in [-0.4, -0.2) is 22.5 Å². The summed E-state index contributed by atoms with van der Waals surface area (Å²) in [6.07, 6.45) is 2.60. The molecule has 5 heteroatoms. The van der Waals surface area contributed by atoms with Gasteiger partial charge >= 0.3 is 0 Å². The number of amides is 1. The first-order valence-electron chi connectivity index (χ1n) is 4.78. The van der Waals surface area contributed by atoms with Crippen LogP contribution in [0.2, 0.25) is 0 Å². The van der Waals surface area contributed by atoms with E-state index in [2.05, 4.69) is 16.4 Å². The van der Waals surface area contributed by atoms with Crippen LogP contribution in [0.1, 0.15) is 24.2 Å². The molecule has 16 heavy (non-hydrogen) atoms. The SMILES string of the molecule is CC(C)(C#N)CNC(=O)c1cncc(O)c1. The number of carbonyl (C=O) groups excluding carboxylic acids is 1. The molecule has 2 N–H and O–H groups in total. The average molecular weight is 219 g/mol. The van der Waals surface area contributed by atoms with Crippen molar-refractivity contribution in [3.8, 4) is 11.8 Å². The number of pyridine rings is 1. The summed E-state index contributed by atoms with van der Waals surface area (Å²) in [6.45, 7) is 3.71. The van der Waals surface area contributed by atoms with E-state index in [0.717, 1.165) is 0 Å². The summed E-state index contributed by atoms with van der Waals surface area (Å²) >= 11 is 0. The van der Waals surface area contributed by atoms with Gasteiger partial charge in [0.1, 0.15) is 5.75 Å². The van der Waals surface area contributed by atoms with Crippen molar-refractivity contribution in [1.29, 1.82) is 5.26 Å². The Hall–Kier alpha value is -2.09. The van der Waals surface area contributed by atoms with Crippen LogP contribution in [0, 0.1) is 16.7 Å². The maximum absolute atomic E-state index is 11.6. The molecule has 0 atom stereocenters. The van der Waals surface area contributed by atoms with Crippen molar-refractivity contribution in [2.24, 2.45) is 5.41 Å². The maximum Gasteiger partial charge on any atom is 0.253 e. The number of aromatic nitrogens is 1. The van der Waals surface area contributed by atoms with Gasteiger partial charge in [-0.2, -0.15) is 5.26 Å². The topological polar surface area (TPSA) is 86.0 Å². The van der Waals surface area contributed by atoms with E-state index in [4.69, 9.17) is 10.4 Å². The van der Waals surface area contributed by atoms with Gasteiger partial charge in [-0.3, -0.25) is 9.78 Å². The first-order valence-corrected chi connectivity index (χ1v) is 4.78. The average Bonchev–Trinajstić information content (AvgIpc) is 2.26. The van der Waals surface area contributed by atoms with Crippen LogP contribution in [0.4, 0.5) is 0 Å². The molecule has 0 saturated carbocycles. The van der Waals surface area contributed by atoms with E-state index in [1.54, 1.807) is 13.8 Å². The lowest BCUT2D eigenvalue weighted by molar-refractivity contribution is 0.0943. The summed E-state index contributed by atoms with van der Waals surface area (Å²) in [5, 5.41) is 20.5. The van der Waals surface area contributed by atoms with Gasteiger partial charge in [-0.1, -0.05) is 0 Å². The number of nitrogens with one attached hydrogen (secondary N) is 1. The number of hydrogen-bond acceptors (Lipinski definition) is 4. The van der Waals surface area contributed by atoms with E-state index in [1.165, 1.54) is 18.5 Å². The fourth-order valence-electron chi connectivity index (χ4n) is 0.995. The number of nitriles is 1. The predicted octanol–water partition coefficient (Wildman–Crippen LogP) is 1.07. The number of rotatable bonds is 3. The number of hydrogen-bond donors (Lipinski definition) is 2. The molecule has 0 aliphatic rings. The molecular formula is C11H13N3O2. The summed E-state index contributed by atoms with van der Waals surface area (Å²) in [5.74, 6) is -0.418. The second-order valence-electron chi connectivity index (χ2n) is 4.11. The summed E-state index contributed by atoms with van der Waals surface area (Å²) in [5.41, 5.74) is -0.339. The third-order valence-electron chi connectivity index (χ3n) is 1.98. The van der Waals surface area contributed by atoms with E-state index >= 15 is 0 Å². The Balaban J connectivity index is 2.64. The molecule has 0 aromatic carbocycles. The van der Waals surface area contributed by atoms with Gasteiger partial charge in [-0.05, 0) is 19.9 Å². The Morgan fingerprint density at radius 1 is 1.62 bits per heavy atom. The van der Waals surface area contributed by atoms with Crippen molar-refractivity contribution in [2.75, 3.05) is 6.54 Å². The standard InChI is InChI=1S/C11H13N3O2/c1-11(2,6-12)7-14-10(16)8-3-9(15)5-13-4-8/h3-5,15H,7H2,1-2H3,(H,14,16). The van der Waals surface area contributed by atoms with Gasteiger partial charge in [0.25, 0.3) is 5.91 Å². The molecule has 0 fully saturated rings. The molecule has 0 aliphatic heterocycles. The zero-order valence-corrected chi connectivity index (χ0v) is 9.19. The highest BCUT2D eigenvalue weighted by atomic mass is 16.3. The van der Waals surface area contributed by atoms with Gasteiger partial charge in [0.2, 0.25) is 0 Å². The molecule has 5 nitrogen and oxygen atoms in total. The number of nitrogens with zero attached hydrogens (tertiary/aromatic N) is 2. The summed E-state index contributed by atoms with van der Waals surface area (Å²) in [4.78, 5) is 15.3. The molecule has 0 spiro atoms. The number of carbonyl (C=O) groups is 1. The summed E-state index contributed by atoms with van der Waals surface area (Å²) < 4.78 is 0. The Morgan fingerprint density at radius 3 is 2.88 bits per heavy atom. The van der Waals surface area contributed by atoms with Gasteiger partial charge in [-0.25, -0.2) is 0 Å². The van der Waals surface area contributed by atoms with Crippen molar-refractivity contribution in [3.63, 3.8) is 0 Å². The highest BCUT2D eigenvalue weighted by molar-refractivity contribution is 5.94. The first-order chi connectivity index (χ1) is 7.44. The third kappa shape index (κ3) is 3.24. The Kier molecular flexibility index (Phi) is 3.46. The van der Waals surface area contributed by atoms with Gasteiger partial charge in [0.05, 0.1) is 23.2 Å². The molecule has 1 amide bonds. The van der Waals surface area contributed by atoms with Crippen LogP contribution >= 0.6 is 0 Å². The Morgan fingerprint density at radius 2 is 2.31 bits per heavy atom. The van der Waals surface area contributed by atoms with Crippen LogP contribution in [0.15, 0.2) is 18.5 Å². The zero-order valence-electron chi connectivity index (χ0n) is 9.19.